The second-order valence-corrected chi connectivity index (χ2v) is 7.94. The van der Waals surface area contributed by atoms with Gasteiger partial charge in [0.05, 0.1) is 19.8 Å². The monoisotopic (exact) mass is 540 g/mol. The van der Waals surface area contributed by atoms with Crippen LogP contribution in [0.4, 0.5) is 5.69 Å². The molecule has 0 saturated carbocycles. The molecular formula is C23H33IN4OS. The number of halogens is 1. The minimum Gasteiger partial charge on any atom is -0.378 e. The van der Waals surface area contributed by atoms with Gasteiger partial charge in [-0.15, -0.1) is 35.7 Å². The van der Waals surface area contributed by atoms with Crippen LogP contribution >= 0.6 is 35.7 Å². The molecule has 1 heterocycles. The highest BCUT2D eigenvalue weighted by Crippen LogP contribution is 2.23. The summed E-state index contributed by atoms with van der Waals surface area (Å²) in [6.45, 7) is 9.93. The van der Waals surface area contributed by atoms with Crippen molar-refractivity contribution in [2.24, 2.45) is 4.99 Å². The Hall–Kier alpha value is -1.45. The predicted molar refractivity (Wildman–Crippen MR) is 140 cm³/mol. The first-order valence-electron chi connectivity index (χ1n) is 10.3. The standard InChI is InChI=1S/C23H32N4OS.HI/c1-4-24-23(26-17-20-10-9-18(2)15-22(20)29-3)25-16-19-7-5-6-8-21(19)27-11-13-28-14-12-27;/h5-10,15H,4,11-14,16-17H2,1-3H3,(H2,24,25,26);1H. The zero-order chi connectivity index (χ0) is 20.5. The number of anilines is 1. The molecule has 1 aliphatic rings. The molecule has 0 bridgehead atoms. The van der Waals surface area contributed by atoms with E-state index >= 15 is 0 Å². The molecule has 3 rings (SSSR count). The van der Waals surface area contributed by atoms with Crippen molar-refractivity contribution in [1.82, 2.24) is 10.6 Å². The molecule has 0 aliphatic carbocycles. The third kappa shape index (κ3) is 7.06. The van der Waals surface area contributed by atoms with Crippen molar-refractivity contribution < 1.29 is 4.74 Å². The largest absolute Gasteiger partial charge is 0.378 e. The molecule has 30 heavy (non-hydrogen) atoms. The topological polar surface area (TPSA) is 48.9 Å². The number of nitrogens with zero attached hydrogens (tertiary/aromatic N) is 2. The lowest BCUT2D eigenvalue weighted by molar-refractivity contribution is 0.122. The van der Waals surface area contributed by atoms with Crippen LogP contribution in [0.25, 0.3) is 0 Å². The van der Waals surface area contributed by atoms with Gasteiger partial charge in [0.2, 0.25) is 0 Å². The van der Waals surface area contributed by atoms with E-state index in [1.165, 1.54) is 27.3 Å². The van der Waals surface area contributed by atoms with Gasteiger partial charge in [-0.3, -0.25) is 0 Å². The van der Waals surface area contributed by atoms with E-state index in [9.17, 15) is 0 Å². The third-order valence-corrected chi connectivity index (χ3v) is 5.80. The Labute approximate surface area is 202 Å². The van der Waals surface area contributed by atoms with Gasteiger partial charge in [-0.05, 0) is 48.9 Å². The number of morpholine rings is 1. The molecule has 0 radical (unpaired) electrons. The van der Waals surface area contributed by atoms with Gasteiger partial charge in [0, 0.05) is 36.8 Å². The Morgan fingerprint density at radius 3 is 2.60 bits per heavy atom. The van der Waals surface area contributed by atoms with Crippen LogP contribution in [0, 0.1) is 6.92 Å². The highest BCUT2D eigenvalue weighted by atomic mass is 127. The summed E-state index contributed by atoms with van der Waals surface area (Å²) in [7, 11) is 0. The van der Waals surface area contributed by atoms with E-state index in [1.54, 1.807) is 11.8 Å². The van der Waals surface area contributed by atoms with Gasteiger partial charge in [0.25, 0.3) is 0 Å². The normalized spacial score (nSPS) is 14.2. The van der Waals surface area contributed by atoms with Gasteiger partial charge in [-0.25, -0.2) is 4.99 Å². The molecule has 0 atom stereocenters. The number of para-hydroxylation sites is 1. The Bertz CT molecular complexity index is 825. The van der Waals surface area contributed by atoms with E-state index in [2.05, 4.69) is 78.1 Å². The SMILES string of the molecule is CCNC(=NCc1ccc(C)cc1SC)NCc1ccccc1N1CCOCC1.I. The average Bonchev–Trinajstić information content (AvgIpc) is 2.77. The number of aliphatic imine (C=N–C) groups is 1. The van der Waals surface area contributed by atoms with Crippen molar-refractivity contribution in [1.29, 1.82) is 0 Å². The summed E-state index contributed by atoms with van der Waals surface area (Å²) < 4.78 is 5.50. The Morgan fingerprint density at radius 1 is 1.10 bits per heavy atom. The van der Waals surface area contributed by atoms with Crippen molar-refractivity contribution in [2.75, 3.05) is 44.0 Å². The fourth-order valence-corrected chi connectivity index (χ4v) is 4.14. The molecule has 1 aliphatic heterocycles. The minimum atomic E-state index is 0. The van der Waals surface area contributed by atoms with E-state index in [4.69, 9.17) is 9.73 Å². The summed E-state index contributed by atoms with van der Waals surface area (Å²) in [5.41, 5.74) is 5.10. The first kappa shape index (κ1) is 24.8. The van der Waals surface area contributed by atoms with Gasteiger partial charge in [-0.1, -0.05) is 30.3 Å². The predicted octanol–water partition coefficient (Wildman–Crippen LogP) is 4.43. The molecule has 2 aromatic carbocycles. The quantitative estimate of drug-likeness (QED) is 0.236. The van der Waals surface area contributed by atoms with E-state index in [0.717, 1.165) is 45.4 Å². The molecule has 7 heteroatoms. The number of guanidine groups is 1. The lowest BCUT2D eigenvalue weighted by atomic mass is 10.1. The lowest BCUT2D eigenvalue weighted by Gasteiger charge is -2.30. The molecule has 2 aromatic rings. The van der Waals surface area contributed by atoms with Gasteiger partial charge in [0.1, 0.15) is 0 Å². The maximum atomic E-state index is 5.50. The van der Waals surface area contributed by atoms with E-state index < -0.39 is 0 Å². The molecule has 1 fully saturated rings. The van der Waals surface area contributed by atoms with Crippen LogP contribution in [-0.4, -0.2) is 45.1 Å². The van der Waals surface area contributed by atoms with Gasteiger partial charge >= 0.3 is 0 Å². The van der Waals surface area contributed by atoms with Crippen LogP contribution in [0.1, 0.15) is 23.6 Å². The van der Waals surface area contributed by atoms with Crippen LogP contribution in [0.3, 0.4) is 0 Å². The molecule has 0 spiro atoms. The van der Waals surface area contributed by atoms with Gasteiger partial charge in [-0.2, -0.15) is 0 Å². The second kappa shape index (κ2) is 13.1. The molecule has 5 nitrogen and oxygen atoms in total. The van der Waals surface area contributed by atoms with Gasteiger partial charge < -0.3 is 20.3 Å². The summed E-state index contributed by atoms with van der Waals surface area (Å²) in [6, 6.07) is 15.2. The van der Waals surface area contributed by atoms with Crippen LogP contribution in [-0.2, 0) is 17.8 Å². The maximum Gasteiger partial charge on any atom is 0.191 e. The number of aryl methyl sites for hydroxylation is 1. The number of rotatable bonds is 7. The van der Waals surface area contributed by atoms with Crippen molar-refractivity contribution in [3.8, 4) is 0 Å². The second-order valence-electron chi connectivity index (χ2n) is 7.09. The third-order valence-electron chi connectivity index (χ3n) is 4.98. The number of hydrogen-bond donors (Lipinski definition) is 2. The van der Waals surface area contributed by atoms with E-state index in [-0.39, 0.29) is 24.0 Å². The minimum absolute atomic E-state index is 0. The van der Waals surface area contributed by atoms with E-state index in [1.807, 2.05) is 0 Å². The lowest BCUT2D eigenvalue weighted by Crippen LogP contribution is -2.39. The van der Waals surface area contributed by atoms with Crippen LogP contribution < -0.4 is 15.5 Å². The summed E-state index contributed by atoms with van der Waals surface area (Å²) in [5, 5.41) is 6.88. The average molecular weight is 541 g/mol. The summed E-state index contributed by atoms with van der Waals surface area (Å²) in [4.78, 5) is 8.52. The van der Waals surface area contributed by atoms with Crippen molar-refractivity contribution >= 4 is 47.4 Å². The molecule has 0 aromatic heterocycles. The van der Waals surface area contributed by atoms with Crippen LogP contribution in [0.2, 0.25) is 0 Å². The summed E-state index contributed by atoms with van der Waals surface area (Å²) in [5.74, 6) is 0.844. The first-order valence-corrected chi connectivity index (χ1v) is 11.5. The smallest absolute Gasteiger partial charge is 0.191 e. The number of hydrogen-bond acceptors (Lipinski definition) is 4. The maximum absolute atomic E-state index is 5.50. The van der Waals surface area contributed by atoms with Crippen LogP contribution in [0.5, 0.6) is 0 Å². The fourth-order valence-electron chi connectivity index (χ4n) is 3.44. The highest BCUT2D eigenvalue weighted by Gasteiger charge is 2.14. The number of thioether (sulfide) groups is 1. The summed E-state index contributed by atoms with van der Waals surface area (Å²) >= 11 is 1.78. The fraction of sp³-hybridized carbons (Fsp3) is 0.435. The zero-order valence-electron chi connectivity index (χ0n) is 18.1. The molecule has 2 N–H and O–H groups in total. The van der Waals surface area contributed by atoms with Crippen molar-refractivity contribution in [3.05, 3.63) is 59.2 Å². The molecule has 0 unspecified atom stereocenters. The first-order chi connectivity index (χ1) is 14.2. The Kier molecular flexibility index (Phi) is 10.8. The Balaban J connectivity index is 0.00000320. The molecular weight excluding hydrogens is 507 g/mol. The zero-order valence-corrected chi connectivity index (χ0v) is 21.3. The van der Waals surface area contributed by atoms with Gasteiger partial charge in [0.15, 0.2) is 5.96 Å². The molecule has 0 amide bonds. The number of ether oxygens (including phenoxy) is 1. The molecule has 164 valence electrons. The highest BCUT2D eigenvalue weighted by molar-refractivity contribution is 14.0. The van der Waals surface area contributed by atoms with Crippen molar-refractivity contribution in [2.45, 2.75) is 31.8 Å². The molecule has 1 saturated heterocycles. The Morgan fingerprint density at radius 2 is 1.87 bits per heavy atom. The van der Waals surface area contributed by atoms with Crippen LogP contribution in [0.15, 0.2) is 52.4 Å². The van der Waals surface area contributed by atoms with Crippen molar-refractivity contribution in [3.63, 3.8) is 0 Å². The number of nitrogens with one attached hydrogen (secondary N) is 2. The summed E-state index contributed by atoms with van der Waals surface area (Å²) in [6.07, 6.45) is 2.12. The number of benzene rings is 2. The van der Waals surface area contributed by atoms with E-state index in [0.29, 0.717) is 6.54 Å².